The molecule has 1 aliphatic heterocycles. The van der Waals surface area contributed by atoms with Crippen molar-refractivity contribution in [1.82, 2.24) is 9.80 Å². The van der Waals surface area contributed by atoms with Gasteiger partial charge in [0.05, 0.1) is 11.6 Å². The minimum absolute atomic E-state index is 0.211. The van der Waals surface area contributed by atoms with Gasteiger partial charge in [0.15, 0.2) is 0 Å². The summed E-state index contributed by atoms with van der Waals surface area (Å²) >= 11 is 0. The van der Waals surface area contributed by atoms with Crippen LogP contribution in [0.5, 0.6) is 0 Å². The van der Waals surface area contributed by atoms with Crippen LogP contribution < -0.4 is 0 Å². The molecule has 0 bridgehead atoms. The van der Waals surface area contributed by atoms with Crippen molar-refractivity contribution in [2.75, 3.05) is 14.1 Å². The Balaban J connectivity index is 2.02. The molecule has 0 N–H and O–H groups in total. The third-order valence-electron chi connectivity index (χ3n) is 5.60. The number of halogens is 1. The van der Waals surface area contributed by atoms with E-state index in [1.54, 1.807) is 56.6 Å². The van der Waals surface area contributed by atoms with Crippen molar-refractivity contribution in [2.45, 2.75) is 25.3 Å². The Kier molecular flexibility index (Phi) is 5.51. The Hall–Kier alpha value is -3.46. The molecule has 1 atom stereocenters. The van der Waals surface area contributed by atoms with Crippen LogP contribution in [-0.2, 0) is 16.0 Å². The second-order valence-corrected chi connectivity index (χ2v) is 7.15. The summed E-state index contributed by atoms with van der Waals surface area (Å²) < 4.78 is 13.3. The van der Waals surface area contributed by atoms with Gasteiger partial charge >= 0.3 is 0 Å². The van der Waals surface area contributed by atoms with Gasteiger partial charge in [-0.25, -0.2) is 4.39 Å². The van der Waals surface area contributed by atoms with Gasteiger partial charge in [0, 0.05) is 20.5 Å². The van der Waals surface area contributed by atoms with E-state index in [1.807, 2.05) is 6.92 Å². The lowest BCUT2D eigenvalue weighted by Gasteiger charge is -2.47. The highest BCUT2D eigenvalue weighted by Crippen LogP contribution is 2.34. The van der Waals surface area contributed by atoms with E-state index in [-0.39, 0.29) is 29.7 Å². The van der Waals surface area contributed by atoms with Gasteiger partial charge < -0.3 is 9.80 Å². The van der Waals surface area contributed by atoms with Crippen LogP contribution >= 0.6 is 0 Å². The van der Waals surface area contributed by atoms with Gasteiger partial charge in [-0.2, -0.15) is 5.26 Å². The highest BCUT2D eigenvalue weighted by atomic mass is 19.1. The van der Waals surface area contributed by atoms with Gasteiger partial charge in [-0.3, -0.25) is 9.59 Å². The maximum absolute atomic E-state index is 13.4. The molecule has 5 nitrogen and oxygen atoms in total. The van der Waals surface area contributed by atoms with Crippen molar-refractivity contribution in [1.29, 1.82) is 5.26 Å². The lowest BCUT2D eigenvalue weighted by molar-refractivity contribution is -0.157. The third-order valence-corrected chi connectivity index (χ3v) is 5.60. The highest BCUT2D eigenvalue weighted by Gasteiger charge is 2.50. The molecule has 0 spiro atoms. The summed E-state index contributed by atoms with van der Waals surface area (Å²) in [6.45, 7) is 1.86. The molecule has 0 radical (unpaired) electrons. The number of hydrogen-bond donors (Lipinski definition) is 0. The number of nitrogens with zero attached hydrogens (tertiary/aromatic N) is 3. The van der Waals surface area contributed by atoms with E-state index in [4.69, 9.17) is 0 Å². The summed E-state index contributed by atoms with van der Waals surface area (Å²) in [5.41, 5.74) is 0.930. The lowest BCUT2D eigenvalue weighted by Crippen LogP contribution is -2.65. The lowest BCUT2D eigenvalue weighted by atomic mass is 9.82. The molecule has 148 valence electrons. The maximum Gasteiger partial charge on any atom is 0.271 e. The van der Waals surface area contributed by atoms with Gasteiger partial charge in [0.2, 0.25) is 0 Å². The molecule has 2 amide bonds. The van der Waals surface area contributed by atoms with E-state index in [0.29, 0.717) is 17.5 Å². The first-order valence-electron chi connectivity index (χ1n) is 9.35. The van der Waals surface area contributed by atoms with Crippen molar-refractivity contribution in [3.8, 4) is 6.07 Å². The van der Waals surface area contributed by atoms with Crippen molar-refractivity contribution < 1.29 is 14.0 Å². The van der Waals surface area contributed by atoms with Crippen LogP contribution in [-0.4, -0.2) is 41.2 Å². The molecule has 3 rings (SSSR count). The summed E-state index contributed by atoms with van der Waals surface area (Å²) in [7, 11) is 3.19. The van der Waals surface area contributed by atoms with Crippen molar-refractivity contribution in [3.63, 3.8) is 0 Å². The van der Waals surface area contributed by atoms with E-state index in [2.05, 4.69) is 6.07 Å². The molecule has 29 heavy (non-hydrogen) atoms. The fourth-order valence-electron chi connectivity index (χ4n) is 3.75. The molecular formula is C23H22FN3O2. The van der Waals surface area contributed by atoms with Gasteiger partial charge in [-0.05, 0) is 41.8 Å². The normalized spacial score (nSPS) is 20.9. The van der Waals surface area contributed by atoms with Gasteiger partial charge in [0.1, 0.15) is 17.1 Å². The Bertz CT molecular complexity index is 1020. The van der Waals surface area contributed by atoms with Crippen LogP contribution in [0.15, 0.2) is 54.2 Å². The van der Waals surface area contributed by atoms with Crippen LogP contribution in [0.3, 0.4) is 0 Å². The van der Waals surface area contributed by atoms with Crippen LogP contribution in [0, 0.1) is 17.1 Å². The van der Waals surface area contributed by atoms with Gasteiger partial charge in [0.25, 0.3) is 11.8 Å². The summed E-state index contributed by atoms with van der Waals surface area (Å²) in [5.74, 6) is -0.867. The van der Waals surface area contributed by atoms with Gasteiger partial charge in [-0.15, -0.1) is 0 Å². The number of hydrogen-bond acceptors (Lipinski definition) is 3. The zero-order chi connectivity index (χ0) is 21.2. The zero-order valence-electron chi connectivity index (χ0n) is 16.6. The molecule has 1 aliphatic rings. The summed E-state index contributed by atoms with van der Waals surface area (Å²) in [6, 6.07) is 15.0. The van der Waals surface area contributed by atoms with Crippen LogP contribution in [0.25, 0.3) is 6.08 Å². The number of amides is 2. The Morgan fingerprint density at radius 3 is 2.38 bits per heavy atom. The van der Waals surface area contributed by atoms with Crippen LogP contribution in [0.4, 0.5) is 4.39 Å². The van der Waals surface area contributed by atoms with Crippen LogP contribution in [0.1, 0.15) is 30.0 Å². The third kappa shape index (κ3) is 3.52. The molecule has 2 aromatic carbocycles. The second-order valence-electron chi connectivity index (χ2n) is 7.15. The smallest absolute Gasteiger partial charge is 0.271 e. The average Bonchev–Trinajstić information content (AvgIpc) is 2.74. The minimum atomic E-state index is -1.06. The summed E-state index contributed by atoms with van der Waals surface area (Å²) in [4.78, 5) is 29.5. The first-order valence-corrected chi connectivity index (χ1v) is 9.35. The molecule has 1 heterocycles. The second kappa shape index (κ2) is 7.88. The maximum atomic E-state index is 13.4. The predicted octanol–water partition coefficient (Wildman–Crippen LogP) is 3.36. The average molecular weight is 391 g/mol. The fraction of sp³-hybridized carbons (Fsp3) is 0.261. The Morgan fingerprint density at radius 2 is 1.76 bits per heavy atom. The highest BCUT2D eigenvalue weighted by molar-refractivity contribution is 6.09. The first-order chi connectivity index (χ1) is 13.8. The van der Waals surface area contributed by atoms with Crippen molar-refractivity contribution in [2.24, 2.45) is 0 Å². The zero-order valence-corrected chi connectivity index (χ0v) is 16.6. The molecule has 6 heteroatoms. The predicted molar refractivity (Wildman–Crippen MR) is 108 cm³/mol. The fourth-order valence-corrected chi connectivity index (χ4v) is 3.75. The topological polar surface area (TPSA) is 64.4 Å². The summed E-state index contributed by atoms with van der Waals surface area (Å²) in [6.07, 6.45) is 2.28. The van der Waals surface area contributed by atoms with E-state index >= 15 is 0 Å². The Labute approximate surface area is 169 Å². The van der Waals surface area contributed by atoms with Gasteiger partial charge in [-0.1, -0.05) is 37.3 Å². The van der Waals surface area contributed by atoms with E-state index in [0.717, 1.165) is 5.56 Å². The van der Waals surface area contributed by atoms with Crippen LogP contribution in [0.2, 0.25) is 0 Å². The quantitative estimate of drug-likeness (QED) is 0.751. The molecular weight excluding hydrogens is 369 g/mol. The SMILES string of the molecule is CCC1(Cc2ccc(F)cc2)C(=O)N(C)C(=Cc2ccccc2C#N)C(=O)N1C. The minimum Gasteiger partial charge on any atom is -0.325 e. The number of likely N-dealkylation sites (N-methyl/N-ethyl adjacent to an activating group) is 2. The molecule has 0 aliphatic carbocycles. The standard InChI is InChI=1S/C23H22FN3O2/c1-4-23(14-16-9-11-19(24)12-10-16)22(29)26(2)20(21(28)27(23)3)13-17-7-5-6-8-18(17)15-25/h5-13H,4,14H2,1-3H3. The number of nitriles is 1. The molecule has 1 saturated heterocycles. The number of carbonyl (C=O) groups is 2. The van der Waals surface area contributed by atoms with E-state index < -0.39 is 5.54 Å². The molecule has 2 aromatic rings. The van der Waals surface area contributed by atoms with Crippen molar-refractivity contribution in [3.05, 3.63) is 76.7 Å². The number of rotatable bonds is 4. The molecule has 1 unspecified atom stereocenters. The molecule has 1 fully saturated rings. The summed E-state index contributed by atoms with van der Waals surface area (Å²) in [5, 5.41) is 9.31. The number of piperazine rings is 1. The Morgan fingerprint density at radius 1 is 1.10 bits per heavy atom. The number of carbonyl (C=O) groups excluding carboxylic acids is 2. The largest absolute Gasteiger partial charge is 0.325 e. The van der Waals surface area contributed by atoms with E-state index in [1.165, 1.54) is 21.9 Å². The first kappa shape index (κ1) is 20.3. The van der Waals surface area contributed by atoms with E-state index in [9.17, 15) is 19.2 Å². The monoisotopic (exact) mass is 391 g/mol. The molecule has 0 saturated carbocycles. The molecule has 0 aromatic heterocycles. The number of benzene rings is 2. The van der Waals surface area contributed by atoms with Crippen molar-refractivity contribution >= 4 is 17.9 Å².